The third-order valence-corrected chi connectivity index (χ3v) is 4.04. The number of benzene rings is 1. The van der Waals surface area contributed by atoms with E-state index in [4.69, 9.17) is 4.74 Å². The summed E-state index contributed by atoms with van der Waals surface area (Å²) in [7, 11) is 1.99. The van der Waals surface area contributed by atoms with E-state index in [2.05, 4.69) is 45.0 Å². The zero-order valence-electron chi connectivity index (χ0n) is 13.8. The van der Waals surface area contributed by atoms with E-state index in [9.17, 15) is 0 Å². The SMILES string of the molecule is CCN(C)/C=N/c1cc(Br)c(OCCc2ccccc2)nc1C. The van der Waals surface area contributed by atoms with Crippen LogP contribution >= 0.6 is 15.9 Å². The Kier molecular flexibility index (Phi) is 6.59. The van der Waals surface area contributed by atoms with Crippen molar-refractivity contribution in [2.24, 2.45) is 4.99 Å². The molecule has 0 N–H and O–H groups in total. The third kappa shape index (κ3) is 5.36. The maximum absolute atomic E-state index is 5.80. The van der Waals surface area contributed by atoms with Crippen LogP contribution in [0.5, 0.6) is 5.88 Å². The lowest BCUT2D eigenvalue weighted by Crippen LogP contribution is -2.14. The van der Waals surface area contributed by atoms with Gasteiger partial charge >= 0.3 is 0 Å². The van der Waals surface area contributed by atoms with E-state index in [-0.39, 0.29) is 0 Å². The van der Waals surface area contributed by atoms with Gasteiger partial charge in [0.15, 0.2) is 0 Å². The number of hydrogen-bond donors (Lipinski definition) is 0. The summed E-state index contributed by atoms with van der Waals surface area (Å²) >= 11 is 3.52. The van der Waals surface area contributed by atoms with Crippen molar-refractivity contribution < 1.29 is 4.74 Å². The van der Waals surface area contributed by atoms with Gasteiger partial charge in [0.1, 0.15) is 0 Å². The Labute approximate surface area is 146 Å². The zero-order valence-corrected chi connectivity index (χ0v) is 15.4. The lowest BCUT2D eigenvalue weighted by atomic mass is 10.2. The van der Waals surface area contributed by atoms with Crippen LogP contribution in [0.3, 0.4) is 0 Å². The predicted octanol–water partition coefficient (Wildman–Crippen LogP) is 4.39. The molecule has 4 nitrogen and oxygen atoms in total. The fourth-order valence-corrected chi connectivity index (χ4v) is 2.35. The molecule has 0 spiro atoms. The van der Waals surface area contributed by atoms with Crippen molar-refractivity contribution in [1.82, 2.24) is 9.88 Å². The molecule has 0 fully saturated rings. The molecule has 5 heteroatoms. The number of hydrogen-bond acceptors (Lipinski definition) is 3. The molecule has 2 aromatic rings. The predicted molar refractivity (Wildman–Crippen MR) is 98.8 cm³/mol. The molecular formula is C18H22BrN3O. The number of aryl methyl sites for hydroxylation is 1. The molecule has 122 valence electrons. The van der Waals surface area contributed by atoms with Gasteiger partial charge in [0.05, 0.1) is 28.8 Å². The first kappa shape index (κ1) is 17.5. The Balaban J connectivity index is 2.00. The van der Waals surface area contributed by atoms with Gasteiger partial charge in [0.25, 0.3) is 0 Å². The van der Waals surface area contributed by atoms with Crippen molar-refractivity contribution in [3.63, 3.8) is 0 Å². The van der Waals surface area contributed by atoms with Gasteiger partial charge in [-0.05, 0) is 41.4 Å². The summed E-state index contributed by atoms with van der Waals surface area (Å²) < 4.78 is 6.62. The normalized spacial score (nSPS) is 11.0. The third-order valence-electron chi connectivity index (χ3n) is 3.47. The van der Waals surface area contributed by atoms with Crippen molar-refractivity contribution >= 4 is 28.0 Å². The highest BCUT2D eigenvalue weighted by Gasteiger charge is 2.08. The molecule has 1 aromatic heterocycles. The van der Waals surface area contributed by atoms with E-state index in [1.165, 1.54) is 5.56 Å². The molecule has 0 aliphatic carbocycles. The van der Waals surface area contributed by atoms with Crippen molar-refractivity contribution in [2.75, 3.05) is 20.2 Å². The van der Waals surface area contributed by atoms with Crippen molar-refractivity contribution in [1.29, 1.82) is 0 Å². The van der Waals surface area contributed by atoms with E-state index in [0.717, 1.165) is 28.8 Å². The van der Waals surface area contributed by atoms with Gasteiger partial charge in [-0.2, -0.15) is 0 Å². The zero-order chi connectivity index (χ0) is 16.7. The minimum atomic E-state index is 0.593. The summed E-state index contributed by atoms with van der Waals surface area (Å²) in [6, 6.07) is 12.2. The van der Waals surface area contributed by atoms with Crippen LogP contribution in [0.2, 0.25) is 0 Å². The summed E-state index contributed by atoms with van der Waals surface area (Å²) in [5, 5.41) is 0. The van der Waals surface area contributed by atoms with Gasteiger partial charge in [0, 0.05) is 20.0 Å². The lowest BCUT2D eigenvalue weighted by Gasteiger charge is -2.11. The number of nitrogens with zero attached hydrogens (tertiary/aromatic N) is 3. The Morgan fingerprint density at radius 2 is 2.04 bits per heavy atom. The Hall–Kier alpha value is -1.88. The van der Waals surface area contributed by atoms with Crippen LogP contribution in [0.4, 0.5) is 5.69 Å². The van der Waals surface area contributed by atoms with Gasteiger partial charge in [-0.3, -0.25) is 0 Å². The van der Waals surface area contributed by atoms with Gasteiger partial charge in [0.2, 0.25) is 5.88 Å². The maximum Gasteiger partial charge on any atom is 0.228 e. The Bertz CT molecular complexity index is 659. The van der Waals surface area contributed by atoms with Gasteiger partial charge in [-0.25, -0.2) is 9.98 Å². The monoisotopic (exact) mass is 375 g/mol. The Morgan fingerprint density at radius 3 is 2.74 bits per heavy atom. The largest absolute Gasteiger partial charge is 0.477 e. The van der Waals surface area contributed by atoms with E-state index in [1.807, 2.05) is 49.5 Å². The van der Waals surface area contributed by atoms with Gasteiger partial charge < -0.3 is 9.64 Å². The van der Waals surface area contributed by atoms with Crippen LogP contribution in [0.25, 0.3) is 0 Å². The lowest BCUT2D eigenvalue weighted by molar-refractivity contribution is 0.307. The molecule has 2 rings (SSSR count). The van der Waals surface area contributed by atoms with Gasteiger partial charge in [-0.1, -0.05) is 30.3 Å². The minimum Gasteiger partial charge on any atom is -0.477 e. The van der Waals surface area contributed by atoms with E-state index >= 15 is 0 Å². The second-order valence-corrected chi connectivity index (χ2v) is 6.14. The molecule has 0 amide bonds. The molecule has 0 saturated carbocycles. The highest BCUT2D eigenvalue weighted by atomic mass is 79.9. The topological polar surface area (TPSA) is 37.7 Å². The number of ether oxygens (including phenoxy) is 1. The van der Waals surface area contributed by atoms with Crippen LogP contribution in [0.1, 0.15) is 18.2 Å². The number of halogens is 1. The summed E-state index contributed by atoms with van der Waals surface area (Å²) in [5.74, 6) is 0.612. The second kappa shape index (κ2) is 8.67. The average molecular weight is 376 g/mol. The fraction of sp³-hybridized carbons (Fsp3) is 0.333. The van der Waals surface area contributed by atoms with Crippen LogP contribution in [0.15, 0.2) is 45.9 Å². The molecule has 0 unspecified atom stereocenters. The molecule has 1 heterocycles. The fourth-order valence-electron chi connectivity index (χ4n) is 1.93. The first-order valence-corrected chi connectivity index (χ1v) is 8.47. The standard InChI is InChI=1S/C18H22BrN3O/c1-4-22(3)13-20-17-12-16(19)18(21-14(17)2)23-11-10-15-8-6-5-7-9-15/h5-9,12-13H,4,10-11H2,1-3H3/b20-13+. The smallest absolute Gasteiger partial charge is 0.228 e. The van der Waals surface area contributed by atoms with Crippen molar-refractivity contribution in [2.45, 2.75) is 20.3 Å². The van der Waals surface area contributed by atoms with E-state index < -0.39 is 0 Å². The summed E-state index contributed by atoms with van der Waals surface area (Å²) in [6.45, 7) is 5.53. The van der Waals surface area contributed by atoms with E-state index in [1.54, 1.807) is 0 Å². The van der Waals surface area contributed by atoms with Gasteiger partial charge in [-0.15, -0.1) is 0 Å². The van der Waals surface area contributed by atoms with Crippen LogP contribution in [-0.2, 0) is 6.42 Å². The quantitative estimate of drug-likeness (QED) is 0.532. The van der Waals surface area contributed by atoms with Crippen LogP contribution in [-0.4, -0.2) is 36.4 Å². The summed E-state index contributed by atoms with van der Waals surface area (Å²) in [5.41, 5.74) is 2.94. The second-order valence-electron chi connectivity index (χ2n) is 5.28. The molecule has 0 saturated heterocycles. The molecular weight excluding hydrogens is 354 g/mol. The summed E-state index contributed by atoms with van der Waals surface area (Å²) in [6.07, 6.45) is 2.67. The Morgan fingerprint density at radius 1 is 1.30 bits per heavy atom. The molecule has 0 aliphatic heterocycles. The molecule has 0 radical (unpaired) electrons. The highest BCUT2D eigenvalue weighted by molar-refractivity contribution is 9.10. The minimum absolute atomic E-state index is 0.593. The number of rotatable bonds is 7. The molecule has 0 bridgehead atoms. The first-order valence-electron chi connectivity index (χ1n) is 7.68. The molecule has 23 heavy (non-hydrogen) atoms. The maximum atomic E-state index is 5.80. The average Bonchev–Trinajstić information content (AvgIpc) is 2.57. The highest BCUT2D eigenvalue weighted by Crippen LogP contribution is 2.29. The molecule has 1 aromatic carbocycles. The molecule has 0 atom stereocenters. The molecule has 0 aliphatic rings. The van der Waals surface area contributed by atoms with Crippen molar-refractivity contribution in [3.05, 3.63) is 52.1 Å². The van der Waals surface area contributed by atoms with E-state index in [0.29, 0.717) is 12.5 Å². The number of aromatic nitrogens is 1. The van der Waals surface area contributed by atoms with Crippen LogP contribution in [0, 0.1) is 6.92 Å². The summed E-state index contributed by atoms with van der Waals surface area (Å²) in [4.78, 5) is 11.0. The number of aliphatic imine (C=N–C) groups is 1. The number of pyridine rings is 1. The first-order chi connectivity index (χ1) is 11.1. The van der Waals surface area contributed by atoms with Crippen molar-refractivity contribution in [3.8, 4) is 5.88 Å². The van der Waals surface area contributed by atoms with Crippen LogP contribution < -0.4 is 4.74 Å².